The summed E-state index contributed by atoms with van der Waals surface area (Å²) in [6.07, 6.45) is 6.23. The molecule has 0 aromatic heterocycles. The van der Waals surface area contributed by atoms with E-state index < -0.39 is 0 Å². The lowest BCUT2D eigenvalue weighted by atomic mass is 9.93. The molecule has 1 heterocycles. The smallest absolute Gasteiger partial charge is 0.227 e. The Morgan fingerprint density at radius 3 is 2.59 bits per heavy atom. The van der Waals surface area contributed by atoms with Crippen molar-refractivity contribution in [3.63, 3.8) is 0 Å². The Morgan fingerprint density at radius 2 is 1.83 bits per heavy atom. The van der Waals surface area contributed by atoms with Crippen LogP contribution in [-0.4, -0.2) is 41.9 Å². The molecule has 0 bridgehead atoms. The molecule has 0 saturated carbocycles. The number of rotatable bonds is 4. The Kier molecular flexibility index (Phi) is 6.48. The molecule has 1 aliphatic carbocycles. The summed E-state index contributed by atoms with van der Waals surface area (Å²) < 4.78 is 0. The van der Waals surface area contributed by atoms with Gasteiger partial charge in [-0.3, -0.25) is 9.69 Å². The van der Waals surface area contributed by atoms with Crippen LogP contribution in [0.1, 0.15) is 48.4 Å². The summed E-state index contributed by atoms with van der Waals surface area (Å²) in [5.41, 5.74) is 3.59. The van der Waals surface area contributed by atoms with E-state index in [0.29, 0.717) is 22.5 Å². The molecular formula is C24H28Cl2N2O. The quantitative estimate of drug-likeness (QED) is 0.594. The molecule has 3 nitrogen and oxygen atoms in total. The van der Waals surface area contributed by atoms with Gasteiger partial charge in [-0.1, -0.05) is 53.5 Å². The molecule has 0 spiro atoms. The van der Waals surface area contributed by atoms with Crippen LogP contribution in [-0.2, 0) is 17.6 Å². The van der Waals surface area contributed by atoms with Crippen molar-refractivity contribution < 1.29 is 4.79 Å². The highest BCUT2D eigenvalue weighted by atomic mass is 35.5. The molecule has 1 amide bonds. The minimum absolute atomic E-state index is 0.0853. The van der Waals surface area contributed by atoms with Crippen molar-refractivity contribution in [2.75, 3.05) is 20.1 Å². The third kappa shape index (κ3) is 4.47. The number of carbonyl (C=O) groups is 1. The maximum atomic E-state index is 13.3. The summed E-state index contributed by atoms with van der Waals surface area (Å²) in [5, 5.41) is 1.01. The zero-order chi connectivity index (χ0) is 20.4. The van der Waals surface area contributed by atoms with E-state index >= 15 is 0 Å². The molecule has 0 unspecified atom stereocenters. The van der Waals surface area contributed by atoms with Crippen LogP contribution in [0, 0.1) is 0 Å². The first-order valence-corrected chi connectivity index (χ1v) is 11.3. The van der Waals surface area contributed by atoms with Crippen LogP contribution < -0.4 is 0 Å². The van der Waals surface area contributed by atoms with E-state index in [1.54, 1.807) is 12.1 Å². The van der Waals surface area contributed by atoms with Crippen molar-refractivity contribution in [2.45, 2.75) is 50.6 Å². The van der Waals surface area contributed by atoms with Gasteiger partial charge in [-0.2, -0.15) is 0 Å². The standard InChI is InChI=1S/C24H28Cl2N2O/c1-27(23(29)16-17-11-12-20(25)21(26)15-17)24-19-9-3-2-7-18(19)8-6-10-22(24)28-13-4-5-14-28/h2-3,7,9,11-12,15,22,24H,4-6,8,10,13-14,16H2,1H3/t22-,24-/m0/s1. The van der Waals surface area contributed by atoms with Crippen LogP contribution in [0.5, 0.6) is 0 Å². The first-order valence-electron chi connectivity index (χ1n) is 10.6. The Morgan fingerprint density at radius 1 is 1.07 bits per heavy atom. The fraction of sp³-hybridized carbons (Fsp3) is 0.458. The van der Waals surface area contributed by atoms with Gasteiger partial charge in [0.15, 0.2) is 0 Å². The molecular weight excluding hydrogens is 403 g/mol. The van der Waals surface area contributed by atoms with Crippen LogP contribution in [0.4, 0.5) is 0 Å². The highest BCUT2D eigenvalue weighted by molar-refractivity contribution is 6.42. The summed E-state index contributed by atoms with van der Waals surface area (Å²) in [4.78, 5) is 17.9. The molecule has 29 heavy (non-hydrogen) atoms. The number of aryl methyl sites for hydroxylation is 1. The lowest BCUT2D eigenvalue weighted by Crippen LogP contribution is -2.46. The average Bonchev–Trinajstić information content (AvgIpc) is 3.18. The van der Waals surface area contributed by atoms with Gasteiger partial charge in [-0.15, -0.1) is 0 Å². The number of likely N-dealkylation sites (N-methyl/N-ethyl adjacent to an activating group) is 1. The number of fused-ring (bicyclic) bond motifs is 1. The Bertz CT molecular complexity index is 879. The summed E-state index contributed by atoms with van der Waals surface area (Å²) in [7, 11) is 1.97. The lowest BCUT2D eigenvalue weighted by Gasteiger charge is -2.39. The van der Waals surface area contributed by atoms with Crippen molar-refractivity contribution in [1.29, 1.82) is 0 Å². The SMILES string of the molecule is CN(C(=O)Cc1ccc(Cl)c(Cl)c1)[C@H]1c2ccccc2CCC[C@@H]1N1CCCC1. The topological polar surface area (TPSA) is 23.6 Å². The van der Waals surface area contributed by atoms with Crippen molar-refractivity contribution in [2.24, 2.45) is 0 Å². The van der Waals surface area contributed by atoms with Gasteiger partial charge in [-0.25, -0.2) is 0 Å². The average molecular weight is 431 g/mol. The zero-order valence-corrected chi connectivity index (χ0v) is 18.4. The van der Waals surface area contributed by atoms with Gasteiger partial charge in [0.05, 0.1) is 22.5 Å². The van der Waals surface area contributed by atoms with E-state index in [2.05, 4.69) is 29.2 Å². The summed E-state index contributed by atoms with van der Waals surface area (Å²) in [6, 6.07) is 14.6. The van der Waals surface area contributed by atoms with Gasteiger partial charge in [0, 0.05) is 13.1 Å². The molecule has 0 N–H and O–H groups in total. The number of carbonyl (C=O) groups excluding carboxylic acids is 1. The van der Waals surface area contributed by atoms with Crippen molar-refractivity contribution >= 4 is 29.1 Å². The molecule has 2 atom stereocenters. The minimum atomic E-state index is 0.0853. The molecule has 1 fully saturated rings. The minimum Gasteiger partial charge on any atom is -0.337 e. The van der Waals surface area contributed by atoms with Crippen LogP contribution in [0.25, 0.3) is 0 Å². The first-order chi connectivity index (χ1) is 14.0. The van der Waals surface area contributed by atoms with Gasteiger partial charge >= 0.3 is 0 Å². The number of amides is 1. The maximum absolute atomic E-state index is 13.3. The van der Waals surface area contributed by atoms with Gasteiger partial charge in [-0.05, 0) is 74.0 Å². The van der Waals surface area contributed by atoms with E-state index in [9.17, 15) is 4.79 Å². The Balaban J connectivity index is 1.63. The third-order valence-electron chi connectivity index (χ3n) is 6.44. The second-order valence-electron chi connectivity index (χ2n) is 8.28. The number of halogens is 2. The summed E-state index contributed by atoms with van der Waals surface area (Å²) >= 11 is 12.2. The van der Waals surface area contributed by atoms with E-state index in [-0.39, 0.29) is 11.9 Å². The Hall–Kier alpha value is -1.55. The Labute approximate surface area is 183 Å². The second kappa shape index (κ2) is 9.07. The number of likely N-dealkylation sites (tertiary alicyclic amines) is 1. The van der Waals surface area contributed by atoms with Gasteiger partial charge in [0.1, 0.15) is 0 Å². The van der Waals surface area contributed by atoms with Crippen LogP contribution in [0.2, 0.25) is 10.0 Å². The van der Waals surface area contributed by atoms with Gasteiger partial charge in [0.2, 0.25) is 5.91 Å². The molecule has 5 heteroatoms. The van der Waals surface area contributed by atoms with Crippen molar-refractivity contribution in [1.82, 2.24) is 9.80 Å². The van der Waals surface area contributed by atoms with Gasteiger partial charge < -0.3 is 4.90 Å². The third-order valence-corrected chi connectivity index (χ3v) is 7.18. The molecule has 1 aliphatic heterocycles. The van der Waals surface area contributed by atoms with Crippen molar-refractivity contribution in [3.8, 4) is 0 Å². The number of hydrogen-bond acceptors (Lipinski definition) is 2. The monoisotopic (exact) mass is 430 g/mol. The summed E-state index contributed by atoms with van der Waals surface area (Å²) in [6.45, 7) is 2.27. The normalized spacial score (nSPS) is 22.2. The first kappa shape index (κ1) is 20.7. The predicted molar refractivity (Wildman–Crippen MR) is 120 cm³/mol. The molecule has 0 radical (unpaired) electrons. The highest BCUT2D eigenvalue weighted by Gasteiger charge is 2.37. The fourth-order valence-corrected chi connectivity index (χ4v) is 5.26. The van der Waals surface area contributed by atoms with E-state index in [1.807, 2.05) is 18.0 Å². The molecule has 2 aliphatic rings. The second-order valence-corrected chi connectivity index (χ2v) is 9.09. The fourth-order valence-electron chi connectivity index (χ4n) is 4.94. The molecule has 4 rings (SSSR count). The number of benzene rings is 2. The largest absolute Gasteiger partial charge is 0.337 e. The van der Waals surface area contributed by atoms with E-state index in [4.69, 9.17) is 23.2 Å². The predicted octanol–water partition coefficient (Wildman–Crippen LogP) is 5.54. The number of nitrogens with zero attached hydrogens (tertiary/aromatic N) is 2. The maximum Gasteiger partial charge on any atom is 0.227 e. The molecule has 1 saturated heterocycles. The van der Waals surface area contributed by atoms with Crippen molar-refractivity contribution in [3.05, 3.63) is 69.2 Å². The van der Waals surface area contributed by atoms with Crippen LogP contribution in [0.15, 0.2) is 42.5 Å². The van der Waals surface area contributed by atoms with E-state index in [0.717, 1.165) is 31.5 Å². The van der Waals surface area contributed by atoms with Crippen LogP contribution >= 0.6 is 23.2 Å². The molecule has 2 aromatic carbocycles. The van der Waals surface area contributed by atoms with Gasteiger partial charge in [0.25, 0.3) is 0 Å². The lowest BCUT2D eigenvalue weighted by molar-refractivity contribution is -0.132. The highest BCUT2D eigenvalue weighted by Crippen LogP contribution is 2.37. The zero-order valence-electron chi connectivity index (χ0n) is 16.9. The summed E-state index contributed by atoms with van der Waals surface area (Å²) in [5.74, 6) is 0.120. The van der Waals surface area contributed by atoms with E-state index in [1.165, 1.54) is 30.4 Å². The molecule has 2 aromatic rings. The molecule has 154 valence electrons. The van der Waals surface area contributed by atoms with Crippen LogP contribution in [0.3, 0.4) is 0 Å². The number of hydrogen-bond donors (Lipinski definition) is 0.